The quantitative estimate of drug-likeness (QED) is 0.502. The molecule has 0 aliphatic carbocycles. The minimum Gasteiger partial charge on any atom is -0.497 e. The molecule has 0 bridgehead atoms. The van der Waals surface area contributed by atoms with Crippen molar-refractivity contribution >= 4 is 17.7 Å². The molecule has 1 N–H and O–H groups in total. The lowest BCUT2D eigenvalue weighted by atomic mass is 10.1. The smallest absolute Gasteiger partial charge is 0.251 e. The largest absolute Gasteiger partial charge is 0.497 e. The first kappa shape index (κ1) is 20.8. The van der Waals surface area contributed by atoms with E-state index in [1.54, 1.807) is 26.0 Å². The maximum absolute atomic E-state index is 12.7. The zero-order valence-corrected chi connectivity index (χ0v) is 17.7. The lowest BCUT2D eigenvalue weighted by Gasteiger charge is -2.18. The molecule has 0 saturated carbocycles. The van der Waals surface area contributed by atoms with Crippen LogP contribution in [0, 0.1) is 0 Å². The average Bonchev–Trinajstić information content (AvgIpc) is 2.78. The number of carbonyl (C=O) groups is 1. The SMILES string of the molecule is COc1ccc(OC)c(C(C)NC(=O)c2ccc(CSc3ccccc3)cc2)c1. The van der Waals surface area contributed by atoms with Gasteiger partial charge in [0.05, 0.1) is 20.3 Å². The van der Waals surface area contributed by atoms with Gasteiger partial charge in [0.1, 0.15) is 11.5 Å². The van der Waals surface area contributed by atoms with Gasteiger partial charge in [-0.05, 0) is 55.0 Å². The Morgan fingerprint density at radius 1 is 0.966 bits per heavy atom. The first-order chi connectivity index (χ1) is 14.1. The Labute approximate surface area is 176 Å². The van der Waals surface area contributed by atoms with E-state index >= 15 is 0 Å². The van der Waals surface area contributed by atoms with Gasteiger partial charge in [-0.25, -0.2) is 0 Å². The summed E-state index contributed by atoms with van der Waals surface area (Å²) in [6, 6.07) is 23.4. The van der Waals surface area contributed by atoms with Gasteiger partial charge >= 0.3 is 0 Å². The van der Waals surface area contributed by atoms with Crippen molar-refractivity contribution in [3.63, 3.8) is 0 Å². The summed E-state index contributed by atoms with van der Waals surface area (Å²) >= 11 is 1.78. The van der Waals surface area contributed by atoms with Crippen molar-refractivity contribution < 1.29 is 14.3 Å². The van der Waals surface area contributed by atoms with Crippen LogP contribution in [-0.2, 0) is 5.75 Å². The minimum absolute atomic E-state index is 0.121. The van der Waals surface area contributed by atoms with Gasteiger partial charge < -0.3 is 14.8 Å². The van der Waals surface area contributed by atoms with Crippen molar-refractivity contribution in [2.75, 3.05) is 14.2 Å². The lowest BCUT2D eigenvalue weighted by molar-refractivity contribution is 0.0939. The van der Waals surface area contributed by atoms with Gasteiger partial charge in [-0.3, -0.25) is 4.79 Å². The van der Waals surface area contributed by atoms with Crippen molar-refractivity contribution in [1.29, 1.82) is 0 Å². The fraction of sp³-hybridized carbons (Fsp3) is 0.208. The minimum atomic E-state index is -0.221. The van der Waals surface area contributed by atoms with E-state index in [4.69, 9.17) is 9.47 Å². The van der Waals surface area contributed by atoms with Crippen molar-refractivity contribution in [1.82, 2.24) is 5.32 Å². The zero-order chi connectivity index (χ0) is 20.6. The van der Waals surface area contributed by atoms with Gasteiger partial charge in [-0.1, -0.05) is 30.3 Å². The molecule has 0 spiro atoms. The maximum atomic E-state index is 12.7. The summed E-state index contributed by atoms with van der Waals surface area (Å²) in [5.74, 6) is 2.18. The topological polar surface area (TPSA) is 47.6 Å². The molecular formula is C24H25NO3S. The van der Waals surface area contributed by atoms with E-state index in [2.05, 4.69) is 17.4 Å². The van der Waals surface area contributed by atoms with Crippen LogP contribution in [0.1, 0.15) is 34.5 Å². The van der Waals surface area contributed by atoms with Crippen LogP contribution in [0.15, 0.2) is 77.7 Å². The summed E-state index contributed by atoms with van der Waals surface area (Å²) < 4.78 is 10.7. The molecule has 0 heterocycles. The monoisotopic (exact) mass is 407 g/mol. The summed E-state index contributed by atoms with van der Waals surface area (Å²) in [5, 5.41) is 3.04. The van der Waals surface area contributed by atoms with Crippen molar-refractivity contribution in [3.8, 4) is 11.5 Å². The number of benzene rings is 3. The van der Waals surface area contributed by atoms with Crippen LogP contribution in [0.2, 0.25) is 0 Å². The Morgan fingerprint density at radius 2 is 1.69 bits per heavy atom. The van der Waals surface area contributed by atoms with Gasteiger partial charge in [0.25, 0.3) is 5.91 Å². The van der Waals surface area contributed by atoms with Crippen LogP contribution >= 0.6 is 11.8 Å². The van der Waals surface area contributed by atoms with E-state index in [0.717, 1.165) is 17.1 Å². The molecule has 3 aromatic carbocycles. The van der Waals surface area contributed by atoms with Crippen molar-refractivity contribution in [2.24, 2.45) is 0 Å². The van der Waals surface area contributed by atoms with E-state index in [0.29, 0.717) is 11.3 Å². The molecule has 3 aromatic rings. The number of nitrogens with one attached hydrogen (secondary N) is 1. The Kier molecular flexibility index (Phi) is 7.19. The third-order valence-electron chi connectivity index (χ3n) is 4.62. The van der Waals surface area contributed by atoms with E-state index in [1.165, 1.54) is 10.5 Å². The van der Waals surface area contributed by atoms with Gasteiger partial charge in [0, 0.05) is 21.8 Å². The highest BCUT2D eigenvalue weighted by atomic mass is 32.2. The van der Waals surface area contributed by atoms with Crippen LogP contribution in [0.3, 0.4) is 0 Å². The van der Waals surface area contributed by atoms with Gasteiger partial charge in [-0.2, -0.15) is 0 Å². The average molecular weight is 408 g/mol. The second kappa shape index (κ2) is 10.0. The number of ether oxygens (including phenoxy) is 2. The fourth-order valence-electron chi connectivity index (χ4n) is 2.97. The molecule has 29 heavy (non-hydrogen) atoms. The molecule has 150 valence electrons. The number of carbonyl (C=O) groups excluding carboxylic acids is 1. The number of hydrogen-bond donors (Lipinski definition) is 1. The summed E-state index contributed by atoms with van der Waals surface area (Å²) in [7, 11) is 3.23. The number of rotatable bonds is 8. The van der Waals surface area contributed by atoms with Crippen molar-refractivity contribution in [3.05, 3.63) is 89.5 Å². The molecule has 0 saturated heterocycles. The van der Waals surface area contributed by atoms with E-state index in [9.17, 15) is 4.79 Å². The van der Waals surface area contributed by atoms with Crippen LogP contribution in [0.5, 0.6) is 11.5 Å². The van der Waals surface area contributed by atoms with Gasteiger partial charge in [0.15, 0.2) is 0 Å². The number of thioether (sulfide) groups is 1. The normalized spacial score (nSPS) is 11.6. The van der Waals surface area contributed by atoms with Crippen LogP contribution in [0.4, 0.5) is 0 Å². The molecule has 0 aliphatic rings. The summed E-state index contributed by atoms with van der Waals surface area (Å²) in [4.78, 5) is 13.9. The molecule has 3 rings (SSSR count). The first-order valence-electron chi connectivity index (χ1n) is 9.40. The number of methoxy groups -OCH3 is 2. The maximum Gasteiger partial charge on any atom is 0.251 e. The molecule has 0 fully saturated rings. The van der Waals surface area contributed by atoms with Crippen LogP contribution in [0.25, 0.3) is 0 Å². The Morgan fingerprint density at radius 3 is 2.34 bits per heavy atom. The van der Waals surface area contributed by atoms with E-state index in [-0.39, 0.29) is 11.9 Å². The third kappa shape index (κ3) is 5.55. The van der Waals surface area contributed by atoms with E-state index in [1.807, 2.05) is 67.6 Å². The summed E-state index contributed by atoms with van der Waals surface area (Å²) in [6.07, 6.45) is 0. The lowest BCUT2D eigenvalue weighted by Crippen LogP contribution is -2.27. The molecule has 0 aliphatic heterocycles. The van der Waals surface area contributed by atoms with Crippen LogP contribution < -0.4 is 14.8 Å². The second-order valence-electron chi connectivity index (χ2n) is 6.60. The Hall–Kier alpha value is -2.92. The summed E-state index contributed by atoms with van der Waals surface area (Å²) in [5.41, 5.74) is 2.68. The fourth-order valence-corrected chi connectivity index (χ4v) is 3.85. The molecule has 5 heteroatoms. The van der Waals surface area contributed by atoms with Gasteiger partial charge in [0.2, 0.25) is 0 Å². The predicted molar refractivity (Wildman–Crippen MR) is 118 cm³/mol. The Balaban J connectivity index is 1.63. The van der Waals surface area contributed by atoms with Crippen LogP contribution in [-0.4, -0.2) is 20.1 Å². The molecular weight excluding hydrogens is 382 g/mol. The van der Waals surface area contributed by atoms with Gasteiger partial charge in [-0.15, -0.1) is 11.8 Å². The predicted octanol–water partition coefficient (Wildman–Crippen LogP) is 5.49. The summed E-state index contributed by atoms with van der Waals surface area (Å²) in [6.45, 7) is 1.93. The highest BCUT2D eigenvalue weighted by Crippen LogP contribution is 2.29. The highest BCUT2D eigenvalue weighted by Gasteiger charge is 2.16. The zero-order valence-electron chi connectivity index (χ0n) is 16.8. The molecule has 0 radical (unpaired) electrons. The molecule has 0 aromatic heterocycles. The van der Waals surface area contributed by atoms with Crippen molar-refractivity contribution in [2.45, 2.75) is 23.6 Å². The number of hydrogen-bond acceptors (Lipinski definition) is 4. The molecule has 1 amide bonds. The second-order valence-corrected chi connectivity index (χ2v) is 7.65. The van der Waals surface area contributed by atoms with E-state index < -0.39 is 0 Å². The third-order valence-corrected chi connectivity index (χ3v) is 5.70. The molecule has 1 atom stereocenters. The molecule has 1 unspecified atom stereocenters. The number of amides is 1. The standard InChI is InChI=1S/C24H25NO3S/c1-17(22-15-20(27-2)13-14-23(22)28-3)25-24(26)19-11-9-18(10-12-19)16-29-21-7-5-4-6-8-21/h4-15,17H,16H2,1-3H3,(H,25,26). The molecule has 4 nitrogen and oxygen atoms in total. The Bertz CT molecular complexity index is 942. The highest BCUT2D eigenvalue weighted by molar-refractivity contribution is 7.98. The first-order valence-corrected chi connectivity index (χ1v) is 10.4.